The van der Waals surface area contributed by atoms with Crippen molar-refractivity contribution >= 4 is 32.8 Å². The third-order valence-electron chi connectivity index (χ3n) is 4.00. The largest absolute Gasteiger partial charge is 0.394 e. The van der Waals surface area contributed by atoms with Gasteiger partial charge < -0.3 is 5.11 Å². The molecule has 1 aromatic carbocycles. The number of benzene rings is 1. The minimum atomic E-state index is -3.73. The monoisotopic (exact) mass is 327 g/mol. The van der Waals surface area contributed by atoms with Gasteiger partial charge >= 0.3 is 0 Å². The van der Waals surface area contributed by atoms with E-state index in [0.29, 0.717) is 23.9 Å². The number of aliphatic hydroxyl groups excluding tert-OH is 1. The summed E-state index contributed by atoms with van der Waals surface area (Å²) in [5.41, 5.74) is 0.214. The highest BCUT2D eigenvalue weighted by atomic mass is 32.2. The average molecular weight is 327 g/mol. The van der Waals surface area contributed by atoms with Gasteiger partial charge in [0, 0.05) is 0 Å². The molecule has 1 aromatic heterocycles. The van der Waals surface area contributed by atoms with Crippen LogP contribution in [0.4, 0.5) is 0 Å². The fourth-order valence-electron chi connectivity index (χ4n) is 2.86. The van der Waals surface area contributed by atoms with Gasteiger partial charge in [-0.05, 0) is 25.0 Å². The molecule has 8 heteroatoms. The van der Waals surface area contributed by atoms with Crippen LogP contribution in [-0.2, 0) is 10.0 Å². The fourth-order valence-corrected chi connectivity index (χ4v) is 5.08. The van der Waals surface area contributed by atoms with E-state index in [4.69, 9.17) is 0 Å². The van der Waals surface area contributed by atoms with Gasteiger partial charge in [-0.2, -0.15) is 8.75 Å². The lowest BCUT2D eigenvalue weighted by Crippen LogP contribution is -2.52. The van der Waals surface area contributed by atoms with Gasteiger partial charge in [-0.15, -0.1) is 0 Å². The molecule has 114 valence electrons. The molecule has 21 heavy (non-hydrogen) atoms. The maximum Gasteiger partial charge on any atom is 0.243 e. The number of hydrogen-bond donors (Lipinski definition) is 2. The van der Waals surface area contributed by atoms with Crippen molar-refractivity contribution in [2.45, 2.75) is 42.5 Å². The van der Waals surface area contributed by atoms with Crippen LogP contribution in [0.1, 0.15) is 32.1 Å². The summed E-state index contributed by atoms with van der Waals surface area (Å²) >= 11 is 0.992. The number of sulfonamides is 1. The Balaban J connectivity index is 1.98. The molecule has 0 aliphatic heterocycles. The second-order valence-corrected chi connectivity index (χ2v) is 7.67. The van der Waals surface area contributed by atoms with Gasteiger partial charge in [0.15, 0.2) is 0 Å². The van der Waals surface area contributed by atoms with E-state index in [9.17, 15) is 13.5 Å². The first kappa shape index (κ1) is 14.8. The molecule has 0 bridgehead atoms. The van der Waals surface area contributed by atoms with Crippen LogP contribution in [0.3, 0.4) is 0 Å². The van der Waals surface area contributed by atoms with Crippen LogP contribution in [0, 0.1) is 0 Å². The summed E-state index contributed by atoms with van der Waals surface area (Å²) in [4.78, 5) is 0.132. The maximum atomic E-state index is 12.7. The number of hydrogen-bond acceptors (Lipinski definition) is 6. The van der Waals surface area contributed by atoms with Crippen LogP contribution in [-0.4, -0.2) is 34.4 Å². The molecule has 1 saturated carbocycles. The summed E-state index contributed by atoms with van der Waals surface area (Å²) in [5, 5.41) is 9.67. The third-order valence-corrected chi connectivity index (χ3v) is 6.16. The first-order chi connectivity index (χ1) is 10.1. The van der Waals surface area contributed by atoms with Crippen molar-refractivity contribution in [3.8, 4) is 0 Å². The minimum Gasteiger partial charge on any atom is -0.394 e. The summed E-state index contributed by atoms with van der Waals surface area (Å²) in [6.45, 7) is -0.183. The zero-order chi connectivity index (χ0) is 14.9. The minimum absolute atomic E-state index is 0.132. The molecule has 0 amide bonds. The molecule has 2 N–H and O–H groups in total. The predicted molar refractivity (Wildman–Crippen MR) is 80.6 cm³/mol. The van der Waals surface area contributed by atoms with E-state index in [1.165, 1.54) is 6.07 Å². The van der Waals surface area contributed by atoms with E-state index < -0.39 is 15.6 Å². The highest BCUT2D eigenvalue weighted by Gasteiger charge is 2.36. The highest BCUT2D eigenvalue weighted by molar-refractivity contribution is 7.89. The predicted octanol–water partition coefficient (Wildman–Crippen LogP) is 1.66. The summed E-state index contributed by atoms with van der Waals surface area (Å²) < 4.78 is 36.2. The Morgan fingerprint density at radius 1 is 1.24 bits per heavy atom. The number of nitrogens with zero attached hydrogens (tertiary/aromatic N) is 2. The van der Waals surface area contributed by atoms with E-state index >= 15 is 0 Å². The van der Waals surface area contributed by atoms with Gasteiger partial charge in [0.05, 0.1) is 23.9 Å². The lowest BCUT2D eigenvalue weighted by Gasteiger charge is -2.36. The molecule has 0 radical (unpaired) electrons. The van der Waals surface area contributed by atoms with E-state index in [2.05, 4.69) is 13.5 Å². The number of nitrogens with one attached hydrogen (secondary N) is 1. The van der Waals surface area contributed by atoms with Crippen LogP contribution in [0.15, 0.2) is 23.1 Å². The zero-order valence-corrected chi connectivity index (χ0v) is 13.1. The van der Waals surface area contributed by atoms with Crippen molar-refractivity contribution in [2.75, 3.05) is 6.61 Å². The van der Waals surface area contributed by atoms with Crippen molar-refractivity contribution in [3.63, 3.8) is 0 Å². The quantitative estimate of drug-likeness (QED) is 0.891. The Bertz CT molecular complexity index is 736. The number of aromatic nitrogens is 2. The molecule has 0 spiro atoms. The molecule has 1 fully saturated rings. The highest BCUT2D eigenvalue weighted by Crippen LogP contribution is 2.30. The van der Waals surface area contributed by atoms with E-state index in [0.717, 1.165) is 31.0 Å². The van der Waals surface area contributed by atoms with Crippen molar-refractivity contribution in [1.29, 1.82) is 0 Å². The molecule has 6 nitrogen and oxygen atoms in total. The molecular weight excluding hydrogens is 310 g/mol. The molecule has 1 aliphatic rings. The van der Waals surface area contributed by atoms with Gasteiger partial charge in [0.25, 0.3) is 0 Å². The molecule has 0 atom stereocenters. The van der Waals surface area contributed by atoms with E-state index in [1.54, 1.807) is 12.1 Å². The summed E-state index contributed by atoms with van der Waals surface area (Å²) in [6.07, 6.45) is 4.24. The summed E-state index contributed by atoms with van der Waals surface area (Å²) in [7, 11) is -3.73. The van der Waals surface area contributed by atoms with Crippen LogP contribution < -0.4 is 4.72 Å². The van der Waals surface area contributed by atoms with Crippen molar-refractivity contribution in [2.24, 2.45) is 0 Å². The Hall–Kier alpha value is -1.09. The third kappa shape index (κ3) is 2.80. The average Bonchev–Trinajstić information content (AvgIpc) is 2.96. The van der Waals surface area contributed by atoms with Gasteiger partial charge in [0.2, 0.25) is 10.0 Å². The van der Waals surface area contributed by atoms with Crippen LogP contribution in [0.25, 0.3) is 11.0 Å². The summed E-state index contributed by atoms with van der Waals surface area (Å²) in [6, 6.07) is 4.92. The molecule has 1 aliphatic carbocycles. The van der Waals surface area contributed by atoms with Gasteiger partial charge in [-0.1, -0.05) is 25.3 Å². The second kappa shape index (κ2) is 5.60. The van der Waals surface area contributed by atoms with Crippen LogP contribution in [0.2, 0.25) is 0 Å². The molecule has 3 rings (SSSR count). The summed E-state index contributed by atoms with van der Waals surface area (Å²) in [5.74, 6) is 0. The zero-order valence-electron chi connectivity index (χ0n) is 11.4. The Labute approximate surface area is 127 Å². The number of aliphatic hydroxyl groups is 1. The molecule has 0 saturated heterocycles. The number of rotatable bonds is 4. The fraction of sp³-hybridized carbons (Fsp3) is 0.538. The lowest BCUT2D eigenvalue weighted by molar-refractivity contribution is 0.142. The lowest BCUT2D eigenvalue weighted by atomic mass is 9.83. The van der Waals surface area contributed by atoms with E-state index in [-0.39, 0.29) is 11.5 Å². The smallest absolute Gasteiger partial charge is 0.243 e. The number of fused-ring (bicyclic) bond motifs is 1. The molecule has 1 heterocycles. The maximum absolute atomic E-state index is 12.7. The topological polar surface area (TPSA) is 92.2 Å². The Kier molecular flexibility index (Phi) is 3.96. The normalized spacial score (nSPS) is 18.9. The Morgan fingerprint density at radius 3 is 2.71 bits per heavy atom. The van der Waals surface area contributed by atoms with Crippen molar-refractivity contribution < 1.29 is 13.5 Å². The Morgan fingerprint density at radius 2 is 2.00 bits per heavy atom. The van der Waals surface area contributed by atoms with Crippen LogP contribution in [0.5, 0.6) is 0 Å². The van der Waals surface area contributed by atoms with E-state index in [1.807, 2.05) is 0 Å². The first-order valence-electron chi connectivity index (χ1n) is 6.92. The molecule has 0 unspecified atom stereocenters. The molecular formula is C13H17N3O3S2. The second-order valence-electron chi connectivity index (χ2n) is 5.49. The van der Waals surface area contributed by atoms with Crippen molar-refractivity contribution in [1.82, 2.24) is 13.5 Å². The van der Waals surface area contributed by atoms with Crippen molar-refractivity contribution in [3.05, 3.63) is 18.2 Å². The first-order valence-corrected chi connectivity index (χ1v) is 9.14. The van der Waals surface area contributed by atoms with Gasteiger partial charge in [-0.3, -0.25) is 0 Å². The van der Waals surface area contributed by atoms with Gasteiger partial charge in [0.1, 0.15) is 15.9 Å². The van der Waals surface area contributed by atoms with Gasteiger partial charge in [-0.25, -0.2) is 13.1 Å². The van der Waals surface area contributed by atoms with Crippen LogP contribution >= 0.6 is 11.7 Å². The SMILES string of the molecule is O=S(=O)(NC1(CO)CCCCC1)c1cccc2nsnc12. The standard InChI is InChI=1S/C13H17N3O3S2/c17-9-13(7-2-1-3-8-13)16-21(18,19)11-6-4-5-10-12(11)15-20-14-10/h4-6,16-17H,1-3,7-9H2. The molecule has 2 aromatic rings.